The van der Waals surface area contributed by atoms with E-state index in [2.05, 4.69) is 15.5 Å². The molecule has 2 amide bonds. The maximum Gasteiger partial charge on any atom is 0.318 e. The van der Waals surface area contributed by atoms with Gasteiger partial charge in [0.25, 0.3) is 0 Å². The van der Waals surface area contributed by atoms with Crippen molar-refractivity contribution in [3.05, 3.63) is 54.3 Å². The quantitative estimate of drug-likeness (QED) is 0.742. The molecule has 1 saturated heterocycles. The third kappa shape index (κ3) is 3.64. The molecule has 140 valence electrons. The Bertz CT molecular complexity index is 889. The van der Waals surface area contributed by atoms with Gasteiger partial charge in [0.1, 0.15) is 17.6 Å². The molecular weight excluding hydrogens is 348 g/mol. The van der Waals surface area contributed by atoms with Crippen molar-refractivity contribution in [2.45, 2.75) is 25.4 Å². The van der Waals surface area contributed by atoms with Crippen molar-refractivity contribution in [3.63, 3.8) is 0 Å². The zero-order valence-corrected chi connectivity index (χ0v) is 14.9. The molecule has 2 aromatic heterocycles. The lowest BCUT2D eigenvalue weighted by atomic mass is 10.2. The largest absolute Gasteiger partial charge is 0.497 e. The van der Waals surface area contributed by atoms with Crippen LogP contribution in [0.25, 0.3) is 11.4 Å². The van der Waals surface area contributed by atoms with Crippen LogP contribution in [0.2, 0.25) is 0 Å². The predicted molar refractivity (Wildman–Crippen MR) is 95.9 cm³/mol. The summed E-state index contributed by atoms with van der Waals surface area (Å²) >= 11 is 0. The predicted octanol–water partition coefficient (Wildman–Crippen LogP) is 3.38. The number of urea groups is 1. The second-order valence-corrected chi connectivity index (χ2v) is 6.27. The van der Waals surface area contributed by atoms with Crippen molar-refractivity contribution in [2.24, 2.45) is 0 Å². The molecule has 1 aliphatic rings. The summed E-state index contributed by atoms with van der Waals surface area (Å²) in [6.45, 7) is 0.991. The van der Waals surface area contributed by atoms with E-state index in [0.717, 1.165) is 24.2 Å². The summed E-state index contributed by atoms with van der Waals surface area (Å²) in [6, 6.07) is 10.6. The van der Waals surface area contributed by atoms with Crippen molar-refractivity contribution in [1.29, 1.82) is 0 Å². The van der Waals surface area contributed by atoms with E-state index >= 15 is 0 Å². The first kappa shape index (κ1) is 17.1. The van der Waals surface area contributed by atoms with Crippen LogP contribution in [0.15, 0.2) is 51.6 Å². The number of ether oxygens (including phenoxy) is 1. The van der Waals surface area contributed by atoms with E-state index in [4.69, 9.17) is 13.7 Å². The number of hydrogen-bond donors (Lipinski definition) is 1. The van der Waals surface area contributed by atoms with Gasteiger partial charge in [0.05, 0.1) is 19.9 Å². The average Bonchev–Trinajstić information content (AvgIpc) is 3.47. The van der Waals surface area contributed by atoms with Crippen molar-refractivity contribution >= 4 is 6.03 Å². The number of benzene rings is 1. The second-order valence-electron chi connectivity index (χ2n) is 6.27. The summed E-state index contributed by atoms with van der Waals surface area (Å²) in [6.07, 6.45) is 3.26. The van der Waals surface area contributed by atoms with Crippen LogP contribution >= 0.6 is 0 Å². The Labute approximate surface area is 156 Å². The number of methoxy groups -OCH3 is 1. The molecule has 3 heterocycles. The minimum absolute atomic E-state index is 0.168. The fourth-order valence-electron chi connectivity index (χ4n) is 3.17. The van der Waals surface area contributed by atoms with Crippen LogP contribution in [0.5, 0.6) is 5.75 Å². The van der Waals surface area contributed by atoms with Gasteiger partial charge in [-0.15, -0.1) is 0 Å². The summed E-state index contributed by atoms with van der Waals surface area (Å²) in [5.41, 5.74) is 0.831. The highest BCUT2D eigenvalue weighted by Gasteiger charge is 2.34. The highest BCUT2D eigenvalue weighted by Crippen LogP contribution is 2.32. The van der Waals surface area contributed by atoms with Crippen LogP contribution < -0.4 is 10.1 Å². The standard InChI is InChI=1S/C19H20N4O4/c1-25-14-8-6-13(7-9-14)17-21-18(27-22-17)16-5-2-10-23(16)19(24)20-12-15-4-3-11-26-15/h3-4,6-9,11,16H,2,5,10,12H2,1H3,(H,20,24). The van der Waals surface area contributed by atoms with Crippen molar-refractivity contribution < 1.29 is 18.5 Å². The van der Waals surface area contributed by atoms with E-state index in [0.29, 0.717) is 30.6 Å². The third-order valence-corrected chi connectivity index (χ3v) is 4.58. The van der Waals surface area contributed by atoms with Crippen molar-refractivity contribution in [2.75, 3.05) is 13.7 Å². The van der Waals surface area contributed by atoms with E-state index in [-0.39, 0.29) is 12.1 Å². The molecule has 0 spiro atoms. The Morgan fingerprint density at radius 2 is 2.19 bits per heavy atom. The fraction of sp³-hybridized carbons (Fsp3) is 0.316. The number of carbonyl (C=O) groups excluding carboxylic acids is 1. The highest BCUT2D eigenvalue weighted by molar-refractivity contribution is 5.74. The van der Waals surface area contributed by atoms with Crippen LogP contribution in [-0.2, 0) is 6.54 Å². The molecular formula is C19H20N4O4. The Balaban J connectivity index is 1.45. The first-order valence-electron chi connectivity index (χ1n) is 8.79. The molecule has 8 heteroatoms. The van der Waals surface area contributed by atoms with Gasteiger partial charge in [-0.2, -0.15) is 4.98 Å². The average molecular weight is 368 g/mol. The van der Waals surface area contributed by atoms with E-state index in [1.807, 2.05) is 30.3 Å². The monoisotopic (exact) mass is 368 g/mol. The van der Waals surface area contributed by atoms with Gasteiger partial charge in [0.15, 0.2) is 0 Å². The zero-order valence-electron chi connectivity index (χ0n) is 14.9. The fourth-order valence-corrected chi connectivity index (χ4v) is 3.17. The van der Waals surface area contributed by atoms with Crippen LogP contribution in [0.4, 0.5) is 4.79 Å². The molecule has 0 saturated carbocycles. The number of nitrogens with one attached hydrogen (secondary N) is 1. The molecule has 1 unspecified atom stereocenters. The number of hydrogen-bond acceptors (Lipinski definition) is 6. The Kier molecular flexibility index (Phi) is 4.78. The molecule has 1 aromatic carbocycles. The van der Waals surface area contributed by atoms with E-state index < -0.39 is 0 Å². The minimum atomic E-state index is -0.221. The van der Waals surface area contributed by atoms with Gasteiger partial charge in [0.2, 0.25) is 11.7 Å². The lowest BCUT2D eigenvalue weighted by molar-refractivity contribution is 0.179. The lowest BCUT2D eigenvalue weighted by Gasteiger charge is -2.21. The number of likely N-dealkylation sites (tertiary alicyclic amines) is 1. The number of aromatic nitrogens is 2. The first-order valence-corrected chi connectivity index (χ1v) is 8.79. The molecule has 0 aliphatic carbocycles. The minimum Gasteiger partial charge on any atom is -0.497 e. The van der Waals surface area contributed by atoms with Gasteiger partial charge >= 0.3 is 6.03 Å². The highest BCUT2D eigenvalue weighted by atomic mass is 16.5. The van der Waals surface area contributed by atoms with Gasteiger partial charge < -0.3 is 23.9 Å². The first-order chi connectivity index (χ1) is 13.2. The summed E-state index contributed by atoms with van der Waals surface area (Å²) < 4.78 is 15.9. The van der Waals surface area contributed by atoms with Crippen LogP contribution in [0.1, 0.15) is 30.5 Å². The summed E-state index contributed by atoms with van der Waals surface area (Å²) in [7, 11) is 1.62. The molecule has 1 aliphatic heterocycles. The summed E-state index contributed by atoms with van der Waals surface area (Å²) in [4.78, 5) is 18.8. The number of rotatable bonds is 5. The molecule has 3 aromatic rings. The maximum absolute atomic E-state index is 12.5. The molecule has 0 radical (unpaired) electrons. The molecule has 1 fully saturated rings. The van der Waals surface area contributed by atoms with E-state index in [1.54, 1.807) is 24.3 Å². The molecule has 0 bridgehead atoms. The van der Waals surface area contributed by atoms with Gasteiger partial charge in [-0.3, -0.25) is 0 Å². The molecule has 27 heavy (non-hydrogen) atoms. The van der Waals surface area contributed by atoms with Crippen LogP contribution in [0, 0.1) is 0 Å². The van der Waals surface area contributed by atoms with Crippen LogP contribution in [-0.4, -0.2) is 34.7 Å². The second kappa shape index (κ2) is 7.53. The smallest absolute Gasteiger partial charge is 0.318 e. The van der Waals surface area contributed by atoms with E-state index in [1.165, 1.54) is 0 Å². The van der Waals surface area contributed by atoms with E-state index in [9.17, 15) is 4.79 Å². The Hall–Kier alpha value is -3.29. The van der Waals surface area contributed by atoms with Crippen molar-refractivity contribution in [3.8, 4) is 17.1 Å². The summed E-state index contributed by atoms with van der Waals surface area (Å²) in [5.74, 6) is 2.42. The Morgan fingerprint density at radius 1 is 1.33 bits per heavy atom. The van der Waals surface area contributed by atoms with Crippen LogP contribution in [0.3, 0.4) is 0 Å². The van der Waals surface area contributed by atoms with Gasteiger partial charge in [-0.05, 0) is 49.2 Å². The molecule has 1 N–H and O–H groups in total. The normalized spacial score (nSPS) is 16.5. The van der Waals surface area contributed by atoms with Gasteiger partial charge in [-0.25, -0.2) is 4.79 Å². The molecule has 8 nitrogen and oxygen atoms in total. The van der Waals surface area contributed by atoms with Crippen molar-refractivity contribution in [1.82, 2.24) is 20.4 Å². The molecule has 1 atom stereocenters. The SMILES string of the molecule is COc1ccc(-c2noc(C3CCCN3C(=O)NCc3ccco3)n2)cc1. The lowest BCUT2D eigenvalue weighted by Crippen LogP contribution is -2.39. The number of carbonyl (C=O) groups is 1. The number of amides is 2. The third-order valence-electron chi connectivity index (χ3n) is 4.58. The maximum atomic E-state index is 12.5. The Morgan fingerprint density at radius 3 is 2.93 bits per heavy atom. The molecule has 4 rings (SSSR count). The van der Waals surface area contributed by atoms with Gasteiger partial charge in [-0.1, -0.05) is 5.16 Å². The topological polar surface area (TPSA) is 93.6 Å². The summed E-state index contributed by atoms with van der Waals surface area (Å²) in [5, 5.41) is 6.93. The zero-order chi connectivity index (χ0) is 18.6. The van der Waals surface area contributed by atoms with Gasteiger partial charge in [0, 0.05) is 12.1 Å². The number of nitrogens with zero attached hydrogens (tertiary/aromatic N) is 3. The number of furan rings is 1.